The molecule has 0 bridgehead atoms. The minimum absolute atomic E-state index is 0.00202. The van der Waals surface area contributed by atoms with Crippen LogP contribution in [0.5, 0.6) is 5.75 Å². The molecule has 0 atom stereocenters. The normalized spacial score (nSPS) is 15.6. The third-order valence-electron chi connectivity index (χ3n) is 6.70. The highest BCUT2D eigenvalue weighted by Gasteiger charge is 2.51. The Labute approximate surface area is 187 Å². The van der Waals surface area contributed by atoms with Crippen LogP contribution in [0.3, 0.4) is 0 Å². The van der Waals surface area contributed by atoms with Crippen LogP contribution in [0.15, 0.2) is 54.6 Å². The highest BCUT2D eigenvalue weighted by Crippen LogP contribution is 2.50. The molecule has 0 spiro atoms. The zero-order valence-corrected chi connectivity index (χ0v) is 18.2. The number of ether oxygens (including phenoxy) is 1. The quantitative estimate of drug-likeness (QED) is 0.581. The molecule has 1 saturated carbocycles. The summed E-state index contributed by atoms with van der Waals surface area (Å²) in [6.45, 7) is 4.65. The Kier molecular flexibility index (Phi) is 4.77. The lowest BCUT2D eigenvalue weighted by Gasteiger charge is -2.18. The van der Waals surface area contributed by atoms with E-state index < -0.39 is 11.4 Å². The van der Waals surface area contributed by atoms with Gasteiger partial charge in [0.05, 0.1) is 17.6 Å². The number of aryl methyl sites for hydroxylation is 2. The maximum absolute atomic E-state index is 13.3. The van der Waals surface area contributed by atoms with Gasteiger partial charge in [-0.3, -0.25) is 4.79 Å². The molecular weight excluding hydrogens is 402 g/mol. The van der Waals surface area contributed by atoms with Crippen molar-refractivity contribution in [3.05, 3.63) is 82.4 Å². The van der Waals surface area contributed by atoms with Gasteiger partial charge in [-0.05, 0) is 90.4 Å². The summed E-state index contributed by atoms with van der Waals surface area (Å²) in [5, 5.41) is 12.5. The number of amides is 1. The topological polar surface area (TPSA) is 75.6 Å². The van der Waals surface area contributed by atoms with Gasteiger partial charge in [0, 0.05) is 12.1 Å². The molecule has 32 heavy (non-hydrogen) atoms. The van der Waals surface area contributed by atoms with Gasteiger partial charge in [0.2, 0.25) is 5.91 Å². The van der Waals surface area contributed by atoms with Gasteiger partial charge in [0.15, 0.2) is 0 Å². The number of hydrogen-bond acceptors (Lipinski definition) is 3. The Hall–Kier alpha value is -3.60. The number of anilines is 1. The van der Waals surface area contributed by atoms with Gasteiger partial charge < -0.3 is 15.2 Å². The van der Waals surface area contributed by atoms with Crippen molar-refractivity contribution in [2.24, 2.45) is 0 Å². The second kappa shape index (κ2) is 7.52. The second-order valence-electron chi connectivity index (χ2n) is 8.82. The summed E-state index contributed by atoms with van der Waals surface area (Å²) >= 11 is 0. The fraction of sp³-hybridized carbons (Fsp3) is 0.259. The number of carboxylic acids is 1. The fourth-order valence-electron chi connectivity index (χ4n) is 4.54. The number of nitrogens with one attached hydrogen (secondary N) is 1. The molecule has 5 rings (SSSR count). The van der Waals surface area contributed by atoms with Crippen LogP contribution in [-0.2, 0) is 16.6 Å². The fourth-order valence-corrected chi connectivity index (χ4v) is 4.54. The first-order valence-electron chi connectivity index (χ1n) is 10.9. The van der Waals surface area contributed by atoms with E-state index in [1.165, 1.54) is 5.56 Å². The molecular formula is C27H25NO4. The first-order chi connectivity index (χ1) is 15.4. The van der Waals surface area contributed by atoms with E-state index in [1.54, 1.807) is 12.1 Å². The highest BCUT2D eigenvalue weighted by molar-refractivity contribution is 6.02. The summed E-state index contributed by atoms with van der Waals surface area (Å²) in [4.78, 5) is 24.8. The average Bonchev–Trinajstić information content (AvgIpc) is 3.46. The number of rotatable bonds is 5. The number of carbonyl (C=O) groups is 2. The Balaban J connectivity index is 1.44. The lowest BCUT2D eigenvalue weighted by atomic mass is 9.92. The molecule has 5 heteroatoms. The van der Waals surface area contributed by atoms with Gasteiger partial charge in [-0.1, -0.05) is 24.3 Å². The maximum atomic E-state index is 13.3. The Morgan fingerprint density at radius 1 is 0.938 bits per heavy atom. The third-order valence-corrected chi connectivity index (χ3v) is 6.70. The molecule has 162 valence electrons. The number of aromatic carboxylic acids is 1. The predicted molar refractivity (Wildman–Crippen MR) is 123 cm³/mol. The van der Waals surface area contributed by atoms with Crippen LogP contribution < -0.4 is 10.1 Å². The van der Waals surface area contributed by atoms with Crippen LogP contribution in [0.2, 0.25) is 0 Å². The van der Waals surface area contributed by atoms with E-state index >= 15 is 0 Å². The third kappa shape index (κ3) is 3.44. The average molecular weight is 428 g/mol. The first kappa shape index (κ1) is 20.3. The monoisotopic (exact) mass is 427 g/mol. The van der Waals surface area contributed by atoms with Gasteiger partial charge in [-0.2, -0.15) is 0 Å². The number of carboxylic acid groups (broad SMARTS) is 1. The van der Waals surface area contributed by atoms with Gasteiger partial charge in [0.25, 0.3) is 0 Å². The van der Waals surface area contributed by atoms with E-state index in [2.05, 4.69) is 11.4 Å². The van der Waals surface area contributed by atoms with E-state index in [-0.39, 0.29) is 11.5 Å². The van der Waals surface area contributed by atoms with Gasteiger partial charge in [0.1, 0.15) is 5.75 Å². The molecule has 3 aromatic carbocycles. The van der Waals surface area contributed by atoms with Crippen molar-refractivity contribution in [3.63, 3.8) is 0 Å². The van der Waals surface area contributed by atoms with E-state index in [1.807, 2.05) is 50.2 Å². The molecule has 1 fully saturated rings. The van der Waals surface area contributed by atoms with E-state index in [0.29, 0.717) is 12.3 Å². The molecule has 2 N–H and O–H groups in total. The van der Waals surface area contributed by atoms with Crippen molar-refractivity contribution in [3.8, 4) is 16.9 Å². The van der Waals surface area contributed by atoms with Crippen molar-refractivity contribution >= 4 is 17.6 Å². The molecule has 0 saturated heterocycles. The molecule has 2 aliphatic rings. The van der Waals surface area contributed by atoms with E-state index in [0.717, 1.165) is 52.8 Å². The van der Waals surface area contributed by atoms with Crippen LogP contribution in [0.4, 0.5) is 5.69 Å². The lowest BCUT2D eigenvalue weighted by Crippen LogP contribution is -2.27. The van der Waals surface area contributed by atoms with Crippen molar-refractivity contribution in [2.75, 3.05) is 11.9 Å². The minimum Gasteiger partial charge on any atom is -0.493 e. The summed E-state index contributed by atoms with van der Waals surface area (Å²) in [7, 11) is 0. The Bertz CT molecular complexity index is 1260. The molecule has 1 aliphatic heterocycles. The molecule has 0 unspecified atom stereocenters. The summed E-state index contributed by atoms with van der Waals surface area (Å²) in [5.74, 6) is -0.0296. The van der Waals surface area contributed by atoms with E-state index in [9.17, 15) is 14.7 Å². The number of carbonyl (C=O) groups excluding carboxylic acids is 1. The molecule has 1 aliphatic carbocycles. The van der Waals surface area contributed by atoms with Gasteiger partial charge in [-0.25, -0.2) is 4.79 Å². The molecule has 5 nitrogen and oxygen atoms in total. The number of hydrogen-bond donors (Lipinski definition) is 2. The molecule has 0 radical (unpaired) electrons. The summed E-state index contributed by atoms with van der Waals surface area (Å²) in [5.41, 5.74) is 6.49. The molecule has 0 aromatic heterocycles. The summed E-state index contributed by atoms with van der Waals surface area (Å²) in [6.07, 6.45) is 2.55. The van der Waals surface area contributed by atoms with Gasteiger partial charge >= 0.3 is 5.97 Å². The van der Waals surface area contributed by atoms with Crippen molar-refractivity contribution in [2.45, 2.75) is 38.5 Å². The summed E-state index contributed by atoms with van der Waals surface area (Å²) < 4.78 is 5.60. The molecule has 1 heterocycles. The second-order valence-corrected chi connectivity index (χ2v) is 8.82. The largest absolute Gasteiger partial charge is 0.493 e. The van der Waals surface area contributed by atoms with Crippen LogP contribution in [0.1, 0.15) is 45.5 Å². The SMILES string of the molecule is Cc1ccc(NC(=O)C2(c3ccc4c(c3)CCO4)CC2)cc1-c1cc(C(=O)O)ccc1C. The maximum Gasteiger partial charge on any atom is 0.335 e. The standard InChI is InChI=1S/C27H25NO4/c1-16-3-5-19(25(29)30)14-22(16)23-15-21(7-4-17(23)2)28-26(31)27(10-11-27)20-6-8-24-18(13-20)9-12-32-24/h3-8,13-15H,9-12H2,1-2H3,(H,28,31)(H,29,30). The first-order valence-corrected chi connectivity index (χ1v) is 10.9. The lowest BCUT2D eigenvalue weighted by molar-refractivity contribution is -0.118. The van der Waals surface area contributed by atoms with Crippen molar-refractivity contribution in [1.82, 2.24) is 0 Å². The Morgan fingerprint density at radius 2 is 1.66 bits per heavy atom. The number of fused-ring (bicyclic) bond motifs is 1. The van der Waals surface area contributed by atoms with Gasteiger partial charge in [-0.15, -0.1) is 0 Å². The highest BCUT2D eigenvalue weighted by atomic mass is 16.5. The smallest absolute Gasteiger partial charge is 0.335 e. The zero-order chi connectivity index (χ0) is 22.5. The van der Waals surface area contributed by atoms with Crippen LogP contribution in [0, 0.1) is 13.8 Å². The van der Waals surface area contributed by atoms with Crippen LogP contribution >= 0.6 is 0 Å². The van der Waals surface area contributed by atoms with Crippen molar-refractivity contribution in [1.29, 1.82) is 0 Å². The van der Waals surface area contributed by atoms with Crippen molar-refractivity contribution < 1.29 is 19.4 Å². The number of benzene rings is 3. The molecule has 3 aromatic rings. The summed E-state index contributed by atoms with van der Waals surface area (Å²) in [6, 6.07) is 17.0. The van der Waals surface area contributed by atoms with E-state index in [4.69, 9.17) is 4.74 Å². The zero-order valence-electron chi connectivity index (χ0n) is 18.2. The predicted octanol–water partition coefficient (Wildman–Crippen LogP) is 5.27. The Morgan fingerprint density at radius 3 is 2.38 bits per heavy atom. The van der Waals surface area contributed by atoms with Crippen LogP contribution in [0.25, 0.3) is 11.1 Å². The van der Waals surface area contributed by atoms with Crippen LogP contribution in [-0.4, -0.2) is 23.6 Å². The molecule has 1 amide bonds. The minimum atomic E-state index is -0.955.